The molecule has 0 spiro atoms. The second-order valence-corrected chi connectivity index (χ2v) is 4.92. The molecular weight excluding hydrogens is 300 g/mol. The third-order valence-corrected chi connectivity index (χ3v) is 3.44. The molecule has 1 atom stereocenters. The predicted octanol–water partition coefficient (Wildman–Crippen LogP) is 4.18. The lowest BCUT2D eigenvalue weighted by Gasteiger charge is -2.27. The van der Waals surface area contributed by atoms with E-state index in [-0.39, 0.29) is 11.8 Å². The van der Waals surface area contributed by atoms with Crippen LogP contribution in [-0.2, 0) is 6.18 Å². The summed E-state index contributed by atoms with van der Waals surface area (Å²) in [4.78, 5) is 3.77. The molecule has 22 heavy (non-hydrogen) atoms. The molecule has 0 saturated carbocycles. The van der Waals surface area contributed by atoms with Gasteiger partial charge in [-0.1, -0.05) is 12.1 Å². The first-order valence-electron chi connectivity index (χ1n) is 6.66. The minimum absolute atomic E-state index is 0.179. The van der Waals surface area contributed by atoms with Crippen molar-refractivity contribution < 1.29 is 22.3 Å². The van der Waals surface area contributed by atoms with E-state index in [1.54, 1.807) is 12.1 Å². The third kappa shape index (κ3) is 2.84. The highest BCUT2D eigenvalue weighted by Gasteiger charge is 2.31. The maximum atomic E-state index is 13.7. The van der Waals surface area contributed by atoms with Gasteiger partial charge in [0.05, 0.1) is 18.2 Å². The minimum atomic E-state index is -4.42. The number of aromatic nitrogens is 1. The number of fused-ring (bicyclic) bond motifs is 1. The molecule has 0 amide bonds. The number of hydrogen-bond acceptors (Lipinski definition) is 3. The number of para-hydroxylation sites is 1. The molecule has 1 aliphatic rings. The molecule has 1 aromatic heterocycles. The van der Waals surface area contributed by atoms with Crippen molar-refractivity contribution in [3.63, 3.8) is 0 Å². The van der Waals surface area contributed by atoms with Gasteiger partial charge in [-0.25, -0.2) is 9.37 Å². The number of nitrogens with zero attached hydrogens (tertiary/aromatic N) is 1. The molecule has 0 radical (unpaired) electrons. The van der Waals surface area contributed by atoms with Gasteiger partial charge in [-0.2, -0.15) is 13.2 Å². The minimum Gasteiger partial charge on any atom is -0.490 e. The van der Waals surface area contributed by atoms with E-state index in [0.29, 0.717) is 24.4 Å². The molecule has 2 heterocycles. The monoisotopic (exact) mass is 312 g/mol. The quantitative estimate of drug-likeness (QED) is 0.845. The van der Waals surface area contributed by atoms with Gasteiger partial charge in [0.15, 0.2) is 11.6 Å². The Bertz CT molecular complexity index is 670. The molecule has 7 heteroatoms. The number of hydrogen-bond donors (Lipinski definition) is 1. The van der Waals surface area contributed by atoms with Crippen molar-refractivity contribution in [2.24, 2.45) is 0 Å². The molecule has 3 rings (SSSR count). The summed E-state index contributed by atoms with van der Waals surface area (Å²) in [5, 5.41) is 3.02. The zero-order valence-electron chi connectivity index (χ0n) is 11.3. The Hall–Kier alpha value is -2.31. The smallest absolute Gasteiger partial charge is 0.417 e. The third-order valence-electron chi connectivity index (χ3n) is 3.44. The van der Waals surface area contributed by atoms with Gasteiger partial charge in [-0.05, 0) is 18.2 Å². The average molecular weight is 312 g/mol. The van der Waals surface area contributed by atoms with E-state index >= 15 is 0 Å². The van der Waals surface area contributed by atoms with E-state index in [1.165, 1.54) is 12.1 Å². The Morgan fingerprint density at radius 1 is 1.18 bits per heavy atom. The summed E-state index contributed by atoms with van der Waals surface area (Å²) in [6.45, 7) is 0.326. The van der Waals surface area contributed by atoms with Crippen LogP contribution in [0.2, 0.25) is 0 Å². The summed E-state index contributed by atoms with van der Waals surface area (Å²) >= 11 is 0. The van der Waals surface area contributed by atoms with Crippen LogP contribution in [0.25, 0.3) is 0 Å². The average Bonchev–Trinajstić information content (AvgIpc) is 2.48. The number of benzene rings is 1. The molecule has 116 valence electrons. The fraction of sp³-hybridized carbons (Fsp3) is 0.267. The van der Waals surface area contributed by atoms with E-state index in [2.05, 4.69) is 10.3 Å². The SMILES string of the molecule is Fc1cccc2c1OCC[C@@H]2Nc1ccc(C(F)(F)F)cn1. The van der Waals surface area contributed by atoms with E-state index in [9.17, 15) is 17.6 Å². The number of halogens is 4. The number of pyridine rings is 1. The van der Waals surface area contributed by atoms with Gasteiger partial charge >= 0.3 is 6.18 Å². The Morgan fingerprint density at radius 2 is 2.00 bits per heavy atom. The van der Waals surface area contributed by atoms with Crippen LogP contribution in [0.15, 0.2) is 36.5 Å². The molecule has 1 aliphatic heterocycles. The largest absolute Gasteiger partial charge is 0.490 e. The fourth-order valence-electron chi connectivity index (χ4n) is 2.36. The van der Waals surface area contributed by atoms with Crippen LogP contribution in [0, 0.1) is 5.82 Å². The molecule has 2 aromatic rings. The van der Waals surface area contributed by atoms with Crippen LogP contribution < -0.4 is 10.1 Å². The Kier molecular flexibility index (Phi) is 3.64. The van der Waals surface area contributed by atoms with Crippen molar-refractivity contribution in [3.8, 4) is 5.75 Å². The lowest BCUT2D eigenvalue weighted by molar-refractivity contribution is -0.137. The lowest BCUT2D eigenvalue weighted by atomic mass is 10.0. The van der Waals surface area contributed by atoms with Gasteiger partial charge in [-0.15, -0.1) is 0 Å². The molecule has 3 nitrogen and oxygen atoms in total. The van der Waals surface area contributed by atoms with Crippen molar-refractivity contribution >= 4 is 5.82 Å². The normalized spacial score (nSPS) is 17.5. The van der Waals surface area contributed by atoms with Crippen molar-refractivity contribution in [1.29, 1.82) is 0 Å². The van der Waals surface area contributed by atoms with Crippen LogP contribution in [-0.4, -0.2) is 11.6 Å². The first-order chi connectivity index (χ1) is 10.4. The molecule has 0 bridgehead atoms. The van der Waals surface area contributed by atoms with Crippen LogP contribution in [0.3, 0.4) is 0 Å². The fourth-order valence-corrected chi connectivity index (χ4v) is 2.36. The summed E-state index contributed by atoms with van der Waals surface area (Å²) in [5.74, 6) is 0.0256. The van der Waals surface area contributed by atoms with Crippen LogP contribution in [0.1, 0.15) is 23.6 Å². The predicted molar refractivity (Wildman–Crippen MR) is 72.1 cm³/mol. The molecule has 1 aromatic carbocycles. The Labute approximate surface area is 123 Å². The summed E-state index contributed by atoms with van der Waals surface area (Å²) < 4.78 is 56.5. The first kappa shape index (κ1) is 14.6. The highest BCUT2D eigenvalue weighted by Crippen LogP contribution is 2.36. The van der Waals surface area contributed by atoms with Gasteiger partial charge in [0, 0.05) is 18.2 Å². The summed E-state index contributed by atoms with van der Waals surface area (Å²) in [6.07, 6.45) is -3.08. The van der Waals surface area contributed by atoms with Crippen LogP contribution >= 0.6 is 0 Å². The second-order valence-electron chi connectivity index (χ2n) is 4.92. The number of alkyl halides is 3. The standard InChI is InChI=1S/C15H12F4N2O/c16-11-3-1-2-10-12(6-7-22-14(10)11)21-13-5-4-9(8-20-13)15(17,18)19/h1-5,8,12H,6-7H2,(H,20,21)/t12-/m0/s1. The van der Waals surface area contributed by atoms with Crippen molar-refractivity contribution in [2.45, 2.75) is 18.6 Å². The Morgan fingerprint density at radius 3 is 2.68 bits per heavy atom. The van der Waals surface area contributed by atoms with Crippen molar-refractivity contribution in [1.82, 2.24) is 4.98 Å². The summed E-state index contributed by atoms with van der Waals surface area (Å²) in [6, 6.07) is 6.55. The zero-order valence-corrected chi connectivity index (χ0v) is 11.3. The van der Waals surface area contributed by atoms with Crippen LogP contribution in [0.5, 0.6) is 5.75 Å². The van der Waals surface area contributed by atoms with Crippen LogP contribution in [0.4, 0.5) is 23.4 Å². The summed E-state index contributed by atoms with van der Waals surface area (Å²) in [7, 11) is 0. The maximum Gasteiger partial charge on any atom is 0.417 e. The van der Waals surface area contributed by atoms with Gasteiger partial charge in [-0.3, -0.25) is 0 Å². The number of ether oxygens (including phenoxy) is 1. The topological polar surface area (TPSA) is 34.1 Å². The second kappa shape index (κ2) is 5.47. The molecular formula is C15H12F4N2O. The zero-order chi connectivity index (χ0) is 15.7. The highest BCUT2D eigenvalue weighted by atomic mass is 19.4. The molecule has 0 aliphatic carbocycles. The maximum absolute atomic E-state index is 13.7. The van der Waals surface area contributed by atoms with Crippen molar-refractivity contribution in [3.05, 3.63) is 53.5 Å². The van der Waals surface area contributed by atoms with Gasteiger partial charge in [0.2, 0.25) is 0 Å². The van der Waals surface area contributed by atoms with Gasteiger partial charge in [0.25, 0.3) is 0 Å². The van der Waals surface area contributed by atoms with E-state index < -0.39 is 17.6 Å². The summed E-state index contributed by atoms with van der Waals surface area (Å²) in [5.41, 5.74) is -0.176. The number of rotatable bonds is 2. The van der Waals surface area contributed by atoms with Crippen molar-refractivity contribution in [2.75, 3.05) is 11.9 Å². The van der Waals surface area contributed by atoms with Gasteiger partial charge < -0.3 is 10.1 Å². The van der Waals surface area contributed by atoms with Gasteiger partial charge in [0.1, 0.15) is 5.82 Å². The van der Waals surface area contributed by atoms with E-state index in [0.717, 1.165) is 12.3 Å². The molecule has 0 saturated heterocycles. The molecule has 0 fully saturated rings. The lowest BCUT2D eigenvalue weighted by Crippen LogP contribution is -2.21. The van der Waals surface area contributed by atoms with E-state index in [1.807, 2.05) is 0 Å². The number of nitrogens with one attached hydrogen (secondary N) is 1. The number of anilines is 1. The first-order valence-corrected chi connectivity index (χ1v) is 6.66. The van der Waals surface area contributed by atoms with E-state index in [4.69, 9.17) is 4.74 Å². The molecule has 1 N–H and O–H groups in total. The highest BCUT2D eigenvalue weighted by molar-refractivity contribution is 5.45. The molecule has 0 unspecified atom stereocenters. The Balaban J connectivity index is 1.82.